The summed E-state index contributed by atoms with van der Waals surface area (Å²) in [6.45, 7) is 3.59. The van der Waals surface area contributed by atoms with Gasteiger partial charge in [0.15, 0.2) is 0 Å². The molecule has 2 atom stereocenters. The van der Waals surface area contributed by atoms with E-state index in [0.717, 1.165) is 6.61 Å². The van der Waals surface area contributed by atoms with E-state index in [4.69, 9.17) is 11.2 Å². The normalized spacial score (nSPS) is 35.3. The lowest BCUT2D eigenvalue weighted by atomic mass is 10.2. The molecule has 0 amide bonds. The van der Waals surface area contributed by atoms with Crippen LogP contribution in [0.3, 0.4) is 0 Å². The second-order valence-electron chi connectivity index (χ2n) is 2.73. The first-order valence-corrected chi connectivity index (χ1v) is 3.51. The summed E-state index contributed by atoms with van der Waals surface area (Å²) in [6, 6.07) is 0.624. The number of rotatable bonds is 0. The van der Waals surface area contributed by atoms with Crippen molar-refractivity contribution in [3.05, 3.63) is 0 Å². The predicted octanol–water partition coefficient (Wildman–Crippen LogP) is 0.339. The van der Waals surface area contributed by atoms with E-state index in [1.54, 1.807) is 0 Å². The van der Waals surface area contributed by atoms with Crippen LogP contribution >= 0.6 is 0 Å². The molecule has 1 aliphatic rings. The number of likely N-dealkylation sites (N-methyl/N-ethyl adjacent to an activating group) is 1. The van der Waals surface area contributed by atoms with Gasteiger partial charge in [0, 0.05) is 6.04 Å². The molecule has 1 rings (SSSR count). The minimum absolute atomic E-state index is 0.170. The molecule has 0 aromatic carbocycles. The van der Waals surface area contributed by atoms with Crippen LogP contribution in [0.25, 0.3) is 0 Å². The molecule has 0 radical (unpaired) electrons. The highest BCUT2D eigenvalue weighted by Gasteiger charge is 2.22. The molecule has 2 nitrogen and oxygen atoms in total. The Hall–Kier alpha value is -0.520. The highest BCUT2D eigenvalue weighted by atomic mass is 16.5. The van der Waals surface area contributed by atoms with E-state index in [1.807, 2.05) is 7.05 Å². The summed E-state index contributed by atoms with van der Waals surface area (Å²) in [6.07, 6.45) is 5.28. The first-order chi connectivity index (χ1) is 4.75. The molecule has 0 bridgehead atoms. The van der Waals surface area contributed by atoms with E-state index in [0.29, 0.717) is 12.6 Å². The van der Waals surface area contributed by atoms with Crippen molar-refractivity contribution in [3.8, 4) is 12.3 Å². The van der Waals surface area contributed by atoms with E-state index >= 15 is 0 Å². The maximum Gasteiger partial charge on any atom is 0.0949 e. The third kappa shape index (κ3) is 1.31. The lowest BCUT2D eigenvalue weighted by molar-refractivity contribution is -0.00978. The summed E-state index contributed by atoms with van der Waals surface area (Å²) >= 11 is 0. The van der Waals surface area contributed by atoms with Crippen molar-refractivity contribution < 1.29 is 4.74 Å². The molecular formula is C8H13NO. The van der Waals surface area contributed by atoms with Crippen LogP contribution in [0.5, 0.6) is 0 Å². The average Bonchev–Trinajstić information content (AvgIpc) is 1.95. The Balaban J connectivity index is 2.53. The summed E-state index contributed by atoms with van der Waals surface area (Å²) in [5.74, 6) is 2.68. The Morgan fingerprint density at radius 1 is 1.60 bits per heavy atom. The van der Waals surface area contributed by atoms with Gasteiger partial charge in [0.1, 0.15) is 0 Å². The molecule has 0 aromatic rings. The van der Waals surface area contributed by atoms with Crippen LogP contribution in [0, 0.1) is 12.3 Å². The van der Waals surface area contributed by atoms with Crippen LogP contribution in [-0.4, -0.2) is 37.2 Å². The smallest absolute Gasteiger partial charge is 0.0949 e. The second kappa shape index (κ2) is 3.05. The highest BCUT2D eigenvalue weighted by Crippen LogP contribution is 2.08. The zero-order valence-electron chi connectivity index (χ0n) is 6.50. The molecule has 1 saturated heterocycles. The van der Waals surface area contributed by atoms with Crippen LogP contribution in [0.1, 0.15) is 6.92 Å². The topological polar surface area (TPSA) is 12.5 Å². The maximum absolute atomic E-state index is 5.28. The molecule has 0 unspecified atom stereocenters. The van der Waals surface area contributed by atoms with Gasteiger partial charge in [-0.25, -0.2) is 0 Å². The SMILES string of the molecule is C#C[C@@H]1COC[C@@H](C)N1C. The Morgan fingerprint density at radius 3 is 2.80 bits per heavy atom. The predicted molar refractivity (Wildman–Crippen MR) is 40.7 cm³/mol. The van der Waals surface area contributed by atoms with E-state index in [-0.39, 0.29) is 6.04 Å². The zero-order valence-corrected chi connectivity index (χ0v) is 6.50. The van der Waals surface area contributed by atoms with Gasteiger partial charge in [0.25, 0.3) is 0 Å². The van der Waals surface area contributed by atoms with Gasteiger partial charge in [-0.3, -0.25) is 4.90 Å². The van der Waals surface area contributed by atoms with Gasteiger partial charge in [0.2, 0.25) is 0 Å². The molecule has 10 heavy (non-hydrogen) atoms. The van der Waals surface area contributed by atoms with Crippen molar-refractivity contribution in [1.29, 1.82) is 0 Å². The molecule has 1 fully saturated rings. The Labute approximate surface area is 62.2 Å². The number of terminal acetylenes is 1. The van der Waals surface area contributed by atoms with Gasteiger partial charge in [-0.2, -0.15) is 0 Å². The summed E-state index contributed by atoms with van der Waals surface area (Å²) in [7, 11) is 2.04. The van der Waals surface area contributed by atoms with E-state index in [9.17, 15) is 0 Å². The minimum Gasteiger partial charge on any atom is -0.377 e. The van der Waals surface area contributed by atoms with E-state index in [2.05, 4.69) is 17.7 Å². The van der Waals surface area contributed by atoms with Crippen molar-refractivity contribution in [2.45, 2.75) is 19.0 Å². The number of morpholine rings is 1. The summed E-state index contributed by atoms with van der Waals surface area (Å²) in [5.41, 5.74) is 0. The molecule has 1 heterocycles. The van der Waals surface area contributed by atoms with Gasteiger partial charge in [-0.05, 0) is 14.0 Å². The maximum atomic E-state index is 5.28. The number of ether oxygens (including phenoxy) is 1. The van der Waals surface area contributed by atoms with Crippen LogP contribution in [0.15, 0.2) is 0 Å². The fraction of sp³-hybridized carbons (Fsp3) is 0.750. The largest absolute Gasteiger partial charge is 0.377 e. The molecule has 0 N–H and O–H groups in total. The quantitative estimate of drug-likeness (QED) is 0.449. The minimum atomic E-state index is 0.170. The Bertz CT molecular complexity index is 150. The van der Waals surface area contributed by atoms with Crippen LogP contribution in [0.4, 0.5) is 0 Å². The number of nitrogens with zero attached hydrogens (tertiary/aromatic N) is 1. The van der Waals surface area contributed by atoms with Gasteiger partial charge in [-0.15, -0.1) is 6.42 Å². The fourth-order valence-corrected chi connectivity index (χ4v) is 1.06. The van der Waals surface area contributed by atoms with Crippen molar-refractivity contribution >= 4 is 0 Å². The van der Waals surface area contributed by atoms with E-state index in [1.165, 1.54) is 0 Å². The zero-order chi connectivity index (χ0) is 7.56. The Morgan fingerprint density at radius 2 is 2.30 bits per heavy atom. The second-order valence-corrected chi connectivity index (χ2v) is 2.73. The standard InChI is InChI=1S/C8H13NO/c1-4-8-6-10-5-7(2)9(8)3/h1,7-8H,5-6H2,2-3H3/t7-,8-/m1/s1. The van der Waals surface area contributed by atoms with Crippen LogP contribution < -0.4 is 0 Å². The molecule has 56 valence electrons. The first-order valence-electron chi connectivity index (χ1n) is 3.51. The van der Waals surface area contributed by atoms with Gasteiger partial charge in [0.05, 0.1) is 19.3 Å². The highest BCUT2D eigenvalue weighted by molar-refractivity contribution is 5.01. The molecule has 0 aromatic heterocycles. The fourth-order valence-electron chi connectivity index (χ4n) is 1.06. The van der Waals surface area contributed by atoms with Crippen molar-refractivity contribution in [1.82, 2.24) is 4.90 Å². The third-order valence-electron chi connectivity index (χ3n) is 2.01. The number of hydrogen-bond acceptors (Lipinski definition) is 2. The molecule has 0 aliphatic carbocycles. The van der Waals surface area contributed by atoms with Crippen LogP contribution in [0.2, 0.25) is 0 Å². The average molecular weight is 139 g/mol. The molecule has 0 saturated carbocycles. The first kappa shape index (κ1) is 7.59. The third-order valence-corrected chi connectivity index (χ3v) is 2.01. The number of hydrogen-bond donors (Lipinski definition) is 0. The van der Waals surface area contributed by atoms with Gasteiger partial charge < -0.3 is 4.74 Å². The van der Waals surface area contributed by atoms with Crippen molar-refractivity contribution in [2.75, 3.05) is 20.3 Å². The molecule has 1 aliphatic heterocycles. The van der Waals surface area contributed by atoms with Gasteiger partial charge >= 0.3 is 0 Å². The van der Waals surface area contributed by atoms with Gasteiger partial charge in [-0.1, -0.05) is 5.92 Å². The monoisotopic (exact) mass is 139 g/mol. The Kier molecular flexibility index (Phi) is 2.31. The lowest BCUT2D eigenvalue weighted by Crippen LogP contribution is -2.47. The summed E-state index contributed by atoms with van der Waals surface area (Å²) < 4.78 is 5.27. The molecule has 2 heteroatoms. The van der Waals surface area contributed by atoms with Crippen LogP contribution in [-0.2, 0) is 4.74 Å². The molecule has 0 spiro atoms. The summed E-state index contributed by atoms with van der Waals surface area (Å²) in [4.78, 5) is 2.17. The summed E-state index contributed by atoms with van der Waals surface area (Å²) in [5, 5.41) is 0. The van der Waals surface area contributed by atoms with Crippen molar-refractivity contribution in [2.24, 2.45) is 0 Å². The lowest BCUT2D eigenvalue weighted by Gasteiger charge is -2.34. The van der Waals surface area contributed by atoms with E-state index < -0.39 is 0 Å². The molecular weight excluding hydrogens is 126 g/mol. The van der Waals surface area contributed by atoms with Crippen molar-refractivity contribution in [3.63, 3.8) is 0 Å².